The molecule has 0 bridgehead atoms. The van der Waals surface area contributed by atoms with E-state index in [-0.39, 0.29) is 19.5 Å². The van der Waals surface area contributed by atoms with Gasteiger partial charge in [-0.2, -0.15) is 0 Å². The van der Waals surface area contributed by atoms with E-state index in [2.05, 4.69) is 72.4 Å². The van der Waals surface area contributed by atoms with Gasteiger partial charge in [0.15, 0.2) is 0 Å². The Balaban J connectivity index is 0.000000213. The number of hydrogen-bond donors (Lipinski definition) is 2. The normalized spacial score (nSPS) is 21.2. The topological polar surface area (TPSA) is 95.2 Å². The molecule has 0 aromatic heterocycles. The smallest absolute Gasteiger partial charge is 0.282 e. The van der Waals surface area contributed by atoms with Crippen molar-refractivity contribution in [2.75, 3.05) is 13.2 Å². The molecule has 168 valence electrons. The van der Waals surface area contributed by atoms with Crippen LogP contribution in [-0.2, 0) is 9.47 Å². The van der Waals surface area contributed by atoms with Crippen LogP contribution in [0.15, 0.2) is 70.6 Å². The Morgan fingerprint density at radius 1 is 0.742 bits per heavy atom. The highest BCUT2D eigenvalue weighted by Gasteiger charge is 2.20. The monoisotopic (exact) mass is 424 g/mol. The summed E-state index contributed by atoms with van der Waals surface area (Å²) in [6, 6.07) is 22.0. The number of hydrogen-bond acceptors (Lipinski definition) is 6. The molecular weight excluding hydrogens is 388 g/mol. The summed E-state index contributed by atoms with van der Waals surface area (Å²) in [5, 5.41) is 0. The van der Waals surface area contributed by atoms with E-state index in [0.717, 1.165) is 12.8 Å². The first kappa shape index (κ1) is 24.3. The summed E-state index contributed by atoms with van der Waals surface area (Å²) in [7, 11) is 0. The fourth-order valence-electron chi connectivity index (χ4n) is 3.77. The lowest BCUT2D eigenvalue weighted by atomic mass is 9.94. The molecule has 0 saturated carbocycles. The average Bonchev–Trinajstić information content (AvgIpc) is 3.37. The van der Waals surface area contributed by atoms with Crippen molar-refractivity contribution in [1.82, 2.24) is 0 Å². The Labute approximate surface area is 186 Å². The molecule has 2 aliphatic heterocycles. The third kappa shape index (κ3) is 7.63. The van der Waals surface area contributed by atoms with Gasteiger partial charge < -0.3 is 20.9 Å². The number of amidine groups is 2. The van der Waals surface area contributed by atoms with Crippen molar-refractivity contribution in [1.29, 1.82) is 0 Å². The number of aliphatic imine (C=N–C) groups is 2. The Morgan fingerprint density at radius 2 is 1.10 bits per heavy atom. The van der Waals surface area contributed by atoms with E-state index in [1.54, 1.807) is 0 Å². The van der Waals surface area contributed by atoms with Crippen LogP contribution in [0.3, 0.4) is 0 Å². The molecule has 2 heterocycles. The van der Waals surface area contributed by atoms with Gasteiger partial charge in [-0.25, -0.2) is 9.98 Å². The van der Waals surface area contributed by atoms with Crippen molar-refractivity contribution in [3.05, 3.63) is 71.8 Å². The third-order valence-electron chi connectivity index (χ3n) is 5.46. The molecule has 0 saturated heterocycles. The molecule has 4 N–H and O–H groups in total. The molecule has 31 heavy (non-hydrogen) atoms. The van der Waals surface area contributed by atoms with Gasteiger partial charge in [0.1, 0.15) is 13.2 Å². The number of ether oxygens (including phenoxy) is 2. The molecule has 4 atom stereocenters. The Morgan fingerprint density at radius 3 is 1.39 bits per heavy atom. The highest BCUT2D eigenvalue weighted by atomic mass is 16.5. The summed E-state index contributed by atoms with van der Waals surface area (Å²) >= 11 is 0. The van der Waals surface area contributed by atoms with Crippen LogP contribution in [0.4, 0.5) is 0 Å². The summed E-state index contributed by atoms with van der Waals surface area (Å²) in [6.45, 7) is 5.67. The van der Waals surface area contributed by atoms with Crippen molar-refractivity contribution >= 4 is 12.0 Å². The molecule has 6 nitrogen and oxygen atoms in total. The maximum Gasteiger partial charge on any atom is 0.282 e. The first-order valence-corrected chi connectivity index (χ1v) is 10.5. The summed E-state index contributed by atoms with van der Waals surface area (Å²) < 4.78 is 10.3. The fourth-order valence-corrected chi connectivity index (χ4v) is 3.77. The van der Waals surface area contributed by atoms with Gasteiger partial charge in [0.25, 0.3) is 12.0 Å². The highest BCUT2D eigenvalue weighted by molar-refractivity contribution is 5.73. The van der Waals surface area contributed by atoms with Crippen LogP contribution in [0.25, 0.3) is 0 Å². The second-order valence-electron chi connectivity index (χ2n) is 7.96. The van der Waals surface area contributed by atoms with Gasteiger partial charge in [0.05, 0.1) is 12.1 Å². The molecule has 6 heteroatoms. The average molecular weight is 425 g/mol. The predicted octanol–water partition coefficient (Wildman–Crippen LogP) is 4.42. The third-order valence-corrected chi connectivity index (χ3v) is 5.46. The molecule has 0 radical (unpaired) electrons. The molecular formula is C25H36N4O2. The standard InChI is InChI=1S/2C12H16N2O.CH4/c2*1-9(10-5-3-2-4-6-10)7-11-8-15-12(13)14-11;/h2*2-6,9,11H,7-8H2,1H3,(H2,13,14);1H4/t9-,11+;9-,11-;/m10./s1. The van der Waals surface area contributed by atoms with Gasteiger partial charge in [0, 0.05) is 0 Å². The predicted molar refractivity (Wildman–Crippen MR) is 128 cm³/mol. The largest absolute Gasteiger partial charge is 0.463 e. The van der Waals surface area contributed by atoms with E-state index in [9.17, 15) is 0 Å². The Kier molecular flexibility index (Phi) is 9.38. The van der Waals surface area contributed by atoms with Crippen molar-refractivity contribution in [2.45, 2.75) is 58.0 Å². The second-order valence-corrected chi connectivity index (χ2v) is 7.96. The van der Waals surface area contributed by atoms with Crippen LogP contribution in [0, 0.1) is 0 Å². The highest BCUT2D eigenvalue weighted by Crippen LogP contribution is 2.24. The molecule has 2 aromatic carbocycles. The maximum absolute atomic E-state index is 5.47. The molecule has 0 unspecified atom stereocenters. The van der Waals surface area contributed by atoms with Gasteiger partial charge in [0.2, 0.25) is 0 Å². The van der Waals surface area contributed by atoms with Crippen LogP contribution in [0.1, 0.15) is 57.1 Å². The lowest BCUT2D eigenvalue weighted by molar-refractivity contribution is 0.303. The number of benzene rings is 2. The number of nitrogens with two attached hydrogens (primary N) is 2. The lowest BCUT2D eigenvalue weighted by Crippen LogP contribution is -2.11. The SMILES string of the molecule is C.C[C@@H](C[C@H]1COC(N)=N1)c1ccccc1.C[C@H](C[C@H]1COC(N)=N1)c1ccccc1. The van der Waals surface area contributed by atoms with E-state index >= 15 is 0 Å². The van der Waals surface area contributed by atoms with Crippen molar-refractivity contribution in [3.63, 3.8) is 0 Å². The van der Waals surface area contributed by atoms with E-state index in [1.807, 2.05) is 12.1 Å². The van der Waals surface area contributed by atoms with E-state index in [0.29, 0.717) is 37.1 Å². The van der Waals surface area contributed by atoms with Crippen LogP contribution < -0.4 is 11.5 Å². The molecule has 0 spiro atoms. The van der Waals surface area contributed by atoms with Crippen LogP contribution in [0.5, 0.6) is 0 Å². The quantitative estimate of drug-likeness (QED) is 0.717. The molecule has 0 aliphatic carbocycles. The summed E-state index contributed by atoms with van der Waals surface area (Å²) in [5.74, 6) is 0.990. The first-order valence-electron chi connectivity index (χ1n) is 10.5. The summed E-state index contributed by atoms with van der Waals surface area (Å²) in [5.41, 5.74) is 13.6. The lowest BCUT2D eigenvalue weighted by Gasteiger charge is -2.13. The fraction of sp³-hybridized carbons (Fsp3) is 0.440. The minimum atomic E-state index is 0. The van der Waals surface area contributed by atoms with Crippen LogP contribution in [-0.4, -0.2) is 37.3 Å². The van der Waals surface area contributed by atoms with Gasteiger partial charge in [-0.3, -0.25) is 0 Å². The van der Waals surface area contributed by atoms with Gasteiger partial charge in [-0.05, 0) is 35.8 Å². The number of rotatable bonds is 6. The zero-order valence-electron chi connectivity index (χ0n) is 17.8. The van der Waals surface area contributed by atoms with Crippen molar-refractivity contribution in [3.8, 4) is 0 Å². The Bertz CT molecular complexity index is 768. The molecule has 0 fully saturated rings. The van der Waals surface area contributed by atoms with Crippen LogP contribution >= 0.6 is 0 Å². The molecule has 0 amide bonds. The first-order chi connectivity index (χ1) is 14.5. The maximum atomic E-state index is 5.47. The minimum absolute atomic E-state index is 0. The Hall–Kier alpha value is -3.02. The van der Waals surface area contributed by atoms with Crippen molar-refractivity contribution in [2.24, 2.45) is 21.5 Å². The number of nitrogens with zero attached hydrogens (tertiary/aromatic N) is 2. The van der Waals surface area contributed by atoms with E-state index < -0.39 is 0 Å². The van der Waals surface area contributed by atoms with E-state index in [1.165, 1.54) is 11.1 Å². The zero-order valence-corrected chi connectivity index (χ0v) is 17.8. The van der Waals surface area contributed by atoms with Gasteiger partial charge >= 0.3 is 0 Å². The van der Waals surface area contributed by atoms with Crippen molar-refractivity contribution < 1.29 is 9.47 Å². The van der Waals surface area contributed by atoms with E-state index in [4.69, 9.17) is 20.9 Å². The summed E-state index contributed by atoms with van der Waals surface area (Å²) in [4.78, 5) is 8.45. The minimum Gasteiger partial charge on any atom is -0.463 e. The zero-order chi connectivity index (χ0) is 21.3. The molecule has 4 rings (SSSR count). The second kappa shape index (κ2) is 12.0. The summed E-state index contributed by atoms with van der Waals surface area (Å²) in [6.07, 6.45) is 1.98. The molecule has 2 aromatic rings. The van der Waals surface area contributed by atoms with Crippen LogP contribution in [0.2, 0.25) is 0 Å². The van der Waals surface area contributed by atoms with Gasteiger partial charge in [-0.1, -0.05) is 81.9 Å². The van der Waals surface area contributed by atoms with Gasteiger partial charge in [-0.15, -0.1) is 0 Å². The molecule has 2 aliphatic rings.